The molecule has 0 fully saturated rings. The minimum Gasteiger partial charge on any atom is -0.444 e. The van der Waals surface area contributed by atoms with Gasteiger partial charge in [0.1, 0.15) is 5.60 Å². The maximum atomic E-state index is 12.1. The molecule has 0 spiro atoms. The molecule has 0 atom stereocenters. The molecular weight excluding hydrogens is 313 g/mol. The van der Waals surface area contributed by atoms with Crippen molar-refractivity contribution in [2.24, 2.45) is 4.99 Å². The van der Waals surface area contributed by atoms with Crippen LogP contribution in [0.4, 0.5) is 18.0 Å². The fourth-order valence-electron chi connectivity index (χ4n) is 1.44. The van der Waals surface area contributed by atoms with Gasteiger partial charge in [-0.15, -0.1) is 0 Å². The standard InChI is InChI=1S/C14H27F3N4O2/c1-5-18-11(20-10-7-14(15,16)17)19-8-6-9-21-12(22)23-13(2,3)4/h5-10H2,1-4H3,(H,21,22)(H2,18,19,20). The summed E-state index contributed by atoms with van der Waals surface area (Å²) in [5.74, 6) is 0.328. The Kier molecular flexibility index (Phi) is 9.43. The van der Waals surface area contributed by atoms with Gasteiger partial charge in [-0.3, -0.25) is 4.99 Å². The average Bonchev–Trinajstić information content (AvgIpc) is 2.34. The predicted molar refractivity (Wildman–Crippen MR) is 83.5 cm³/mol. The topological polar surface area (TPSA) is 74.8 Å². The SMILES string of the molecule is CCNC(=NCCCNC(=O)OC(C)(C)C)NCCC(F)(F)F. The van der Waals surface area contributed by atoms with Crippen LogP contribution in [0.1, 0.15) is 40.5 Å². The number of amides is 1. The summed E-state index contributed by atoms with van der Waals surface area (Å²) in [7, 11) is 0. The Hall–Kier alpha value is -1.67. The summed E-state index contributed by atoms with van der Waals surface area (Å²) in [5, 5.41) is 8.06. The molecule has 0 aromatic rings. The van der Waals surface area contributed by atoms with Gasteiger partial charge in [-0.1, -0.05) is 0 Å². The van der Waals surface area contributed by atoms with Gasteiger partial charge in [-0.25, -0.2) is 4.79 Å². The molecule has 0 heterocycles. The van der Waals surface area contributed by atoms with Crippen LogP contribution in [0.25, 0.3) is 0 Å². The monoisotopic (exact) mass is 340 g/mol. The van der Waals surface area contributed by atoms with E-state index < -0.39 is 24.3 Å². The second-order valence-electron chi connectivity index (χ2n) is 5.83. The first-order chi connectivity index (χ1) is 10.5. The van der Waals surface area contributed by atoms with Crippen molar-refractivity contribution in [2.45, 2.75) is 52.3 Å². The smallest absolute Gasteiger partial charge is 0.407 e. The number of rotatable bonds is 7. The van der Waals surface area contributed by atoms with Gasteiger partial charge < -0.3 is 20.7 Å². The number of guanidine groups is 1. The van der Waals surface area contributed by atoms with Crippen LogP contribution in [0.3, 0.4) is 0 Å². The molecule has 0 unspecified atom stereocenters. The van der Waals surface area contributed by atoms with Gasteiger partial charge in [0.2, 0.25) is 0 Å². The van der Waals surface area contributed by atoms with Crippen molar-refractivity contribution in [3.05, 3.63) is 0 Å². The lowest BCUT2D eigenvalue weighted by atomic mass is 10.2. The molecule has 0 bridgehead atoms. The summed E-state index contributed by atoms with van der Waals surface area (Å²) in [6, 6.07) is 0. The summed E-state index contributed by atoms with van der Waals surface area (Å²) < 4.78 is 41.3. The molecule has 0 aliphatic heterocycles. The second-order valence-corrected chi connectivity index (χ2v) is 5.83. The first kappa shape index (κ1) is 21.3. The molecule has 0 aromatic carbocycles. The fraction of sp³-hybridized carbons (Fsp3) is 0.857. The van der Waals surface area contributed by atoms with E-state index in [1.165, 1.54) is 0 Å². The number of carbonyl (C=O) groups excluding carboxylic acids is 1. The lowest BCUT2D eigenvalue weighted by Crippen LogP contribution is -2.39. The van der Waals surface area contributed by atoms with E-state index in [4.69, 9.17) is 4.74 Å². The summed E-state index contributed by atoms with van der Waals surface area (Å²) in [6.45, 7) is 8.20. The van der Waals surface area contributed by atoms with Crippen molar-refractivity contribution < 1.29 is 22.7 Å². The number of halogens is 3. The highest BCUT2D eigenvalue weighted by atomic mass is 19.4. The molecule has 9 heteroatoms. The number of nitrogens with one attached hydrogen (secondary N) is 3. The largest absolute Gasteiger partial charge is 0.444 e. The van der Waals surface area contributed by atoms with Crippen LogP contribution in [-0.2, 0) is 4.74 Å². The molecule has 0 aromatic heterocycles. The summed E-state index contributed by atoms with van der Waals surface area (Å²) in [6.07, 6.45) is -5.06. The van der Waals surface area contributed by atoms with Crippen LogP contribution in [-0.4, -0.2) is 50.0 Å². The summed E-state index contributed by atoms with van der Waals surface area (Å²) in [4.78, 5) is 15.5. The predicted octanol–water partition coefficient (Wildman–Crippen LogP) is 2.41. The minimum atomic E-state index is -4.19. The highest BCUT2D eigenvalue weighted by Gasteiger charge is 2.26. The summed E-state index contributed by atoms with van der Waals surface area (Å²) in [5.41, 5.74) is -0.553. The molecule has 0 aliphatic rings. The van der Waals surface area contributed by atoms with Gasteiger partial charge in [-0.05, 0) is 34.1 Å². The molecule has 6 nitrogen and oxygen atoms in total. The van der Waals surface area contributed by atoms with Gasteiger partial charge in [-0.2, -0.15) is 13.2 Å². The number of hydrogen-bond donors (Lipinski definition) is 3. The fourth-order valence-corrected chi connectivity index (χ4v) is 1.44. The van der Waals surface area contributed by atoms with Crippen molar-refractivity contribution in [1.29, 1.82) is 0 Å². The number of aliphatic imine (C=N–C) groups is 1. The Morgan fingerprint density at radius 2 is 1.74 bits per heavy atom. The molecule has 23 heavy (non-hydrogen) atoms. The molecule has 3 N–H and O–H groups in total. The molecule has 0 radical (unpaired) electrons. The van der Waals surface area contributed by atoms with Crippen LogP contribution >= 0.6 is 0 Å². The minimum absolute atomic E-state index is 0.231. The van der Waals surface area contributed by atoms with Crippen molar-refractivity contribution in [1.82, 2.24) is 16.0 Å². The molecule has 1 amide bonds. The normalized spacial score (nSPS) is 12.7. The molecular formula is C14H27F3N4O2. The first-order valence-electron chi connectivity index (χ1n) is 7.59. The first-order valence-corrected chi connectivity index (χ1v) is 7.59. The maximum Gasteiger partial charge on any atom is 0.407 e. The van der Waals surface area contributed by atoms with Crippen molar-refractivity contribution in [3.63, 3.8) is 0 Å². The Bertz CT molecular complexity index is 379. The number of ether oxygens (including phenoxy) is 1. The quantitative estimate of drug-likeness (QED) is 0.378. The van der Waals surface area contributed by atoms with Crippen LogP contribution in [0.2, 0.25) is 0 Å². The van der Waals surface area contributed by atoms with Crippen LogP contribution < -0.4 is 16.0 Å². The van der Waals surface area contributed by atoms with Crippen LogP contribution in [0.5, 0.6) is 0 Å². The highest BCUT2D eigenvalue weighted by Crippen LogP contribution is 2.17. The van der Waals surface area contributed by atoms with Crippen LogP contribution in [0.15, 0.2) is 4.99 Å². The number of carbonyl (C=O) groups is 1. The third-order valence-electron chi connectivity index (χ3n) is 2.32. The highest BCUT2D eigenvalue weighted by molar-refractivity contribution is 5.79. The molecule has 0 saturated heterocycles. The van der Waals surface area contributed by atoms with Gasteiger partial charge >= 0.3 is 12.3 Å². The number of alkyl carbamates (subject to hydrolysis) is 1. The number of hydrogen-bond acceptors (Lipinski definition) is 3. The molecule has 136 valence electrons. The van der Waals surface area contributed by atoms with Gasteiger partial charge in [0, 0.05) is 26.2 Å². The lowest BCUT2D eigenvalue weighted by molar-refractivity contribution is -0.132. The van der Waals surface area contributed by atoms with Crippen molar-refractivity contribution >= 4 is 12.1 Å². The van der Waals surface area contributed by atoms with E-state index in [2.05, 4.69) is 20.9 Å². The maximum absolute atomic E-state index is 12.1. The van der Waals surface area contributed by atoms with E-state index in [1.807, 2.05) is 6.92 Å². The number of alkyl halides is 3. The third kappa shape index (κ3) is 15.0. The Morgan fingerprint density at radius 1 is 1.09 bits per heavy atom. The summed E-state index contributed by atoms with van der Waals surface area (Å²) >= 11 is 0. The van der Waals surface area contributed by atoms with Gasteiger partial charge in [0.25, 0.3) is 0 Å². The average molecular weight is 340 g/mol. The second kappa shape index (κ2) is 10.2. The molecule has 0 aliphatic carbocycles. The van der Waals surface area contributed by atoms with Crippen LogP contribution in [0, 0.1) is 0 Å². The molecule has 0 saturated carbocycles. The van der Waals surface area contributed by atoms with E-state index >= 15 is 0 Å². The van der Waals surface area contributed by atoms with Gasteiger partial charge in [0.15, 0.2) is 5.96 Å². The van der Waals surface area contributed by atoms with Crippen molar-refractivity contribution in [2.75, 3.05) is 26.2 Å². The lowest BCUT2D eigenvalue weighted by Gasteiger charge is -2.19. The van der Waals surface area contributed by atoms with Gasteiger partial charge in [0.05, 0.1) is 6.42 Å². The van der Waals surface area contributed by atoms with E-state index in [-0.39, 0.29) is 6.54 Å². The molecule has 0 rings (SSSR count). The van der Waals surface area contributed by atoms with E-state index in [0.717, 1.165) is 0 Å². The van der Waals surface area contributed by atoms with E-state index in [0.29, 0.717) is 32.0 Å². The zero-order chi connectivity index (χ0) is 17.9. The van der Waals surface area contributed by atoms with E-state index in [1.54, 1.807) is 20.8 Å². The Morgan fingerprint density at radius 3 is 2.26 bits per heavy atom. The van der Waals surface area contributed by atoms with E-state index in [9.17, 15) is 18.0 Å². The zero-order valence-electron chi connectivity index (χ0n) is 14.1. The Labute approximate surface area is 135 Å². The Balaban J connectivity index is 4.00. The third-order valence-corrected chi connectivity index (χ3v) is 2.32. The van der Waals surface area contributed by atoms with Crippen molar-refractivity contribution in [3.8, 4) is 0 Å². The number of nitrogens with zero attached hydrogens (tertiary/aromatic N) is 1. The zero-order valence-corrected chi connectivity index (χ0v) is 14.1.